The number of aromatic nitrogens is 3. The molecule has 0 unspecified atom stereocenters. The number of hydrogen-bond acceptors (Lipinski definition) is 5. The molecule has 0 saturated heterocycles. The summed E-state index contributed by atoms with van der Waals surface area (Å²) in [6.45, 7) is 7.25. The Hall–Kier alpha value is -0.470. The average Bonchev–Trinajstić information content (AvgIpc) is 2.80. The van der Waals surface area contributed by atoms with Gasteiger partial charge in [-0.3, -0.25) is 0 Å². The van der Waals surface area contributed by atoms with Crippen LogP contribution in [0.25, 0.3) is 10.8 Å². The van der Waals surface area contributed by atoms with E-state index in [0.717, 1.165) is 33.1 Å². The zero-order valence-corrected chi connectivity index (χ0v) is 15.3. The number of anilines is 1. The van der Waals surface area contributed by atoms with Crippen LogP contribution in [0.2, 0.25) is 4.34 Å². The second kappa shape index (κ2) is 7.00. The smallest absolute Gasteiger partial charge is 0.191 e. The van der Waals surface area contributed by atoms with Gasteiger partial charge in [0.25, 0.3) is 0 Å². The van der Waals surface area contributed by atoms with Crippen LogP contribution in [0.3, 0.4) is 0 Å². The molecule has 0 aliphatic carbocycles. The molecule has 1 N–H and O–H groups in total. The Balaban J connectivity index is 2.49. The van der Waals surface area contributed by atoms with Crippen LogP contribution in [0, 0.1) is 9.49 Å². The summed E-state index contributed by atoms with van der Waals surface area (Å²) >= 11 is 9.66. The lowest BCUT2D eigenvalue weighted by molar-refractivity contribution is 0.632. The van der Waals surface area contributed by atoms with E-state index in [1.807, 2.05) is 0 Å². The van der Waals surface area contributed by atoms with Crippen LogP contribution in [-0.4, -0.2) is 21.5 Å². The van der Waals surface area contributed by atoms with Crippen molar-refractivity contribution in [1.29, 1.82) is 0 Å². The number of halogens is 2. The summed E-state index contributed by atoms with van der Waals surface area (Å²) in [5.41, 5.74) is 1.06. The molecule has 7 heteroatoms. The summed E-state index contributed by atoms with van der Waals surface area (Å²) in [5, 5.41) is 4.05. The number of thiazole rings is 1. The summed E-state index contributed by atoms with van der Waals surface area (Å²) in [5.74, 6) is 2.06. The lowest BCUT2D eigenvalue weighted by Gasteiger charge is -2.12. The Labute approximate surface area is 141 Å². The quantitative estimate of drug-likeness (QED) is 0.721. The Morgan fingerprint density at radius 1 is 1.40 bits per heavy atom. The van der Waals surface area contributed by atoms with Gasteiger partial charge in [0, 0.05) is 6.54 Å². The minimum Gasteiger partial charge on any atom is -0.369 e. The highest BCUT2D eigenvalue weighted by Crippen LogP contribution is 2.29. The first-order chi connectivity index (χ1) is 9.51. The predicted molar refractivity (Wildman–Crippen MR) is 93.6 cm³/mol. The van der Waals surface area contributed by atoms with Crippen molar-refractivity contribution < 1.29 is 0 Å². The molecule has 2 heterocycles. The van der Waals surface area contributed by atoms with E-state index >= 15 is 0 Å². The average molecular weight is 423 g/mol. The zero-order chi connectivity index (χ0) is 14.7. The Bertz CT molecular complexity index is 600. The van der Waals surface area contributed by atoms with E-state index in [-0.39, 0.29) is 0 Å². The van der Waals surface area contributed by atoms with Crippen LogP contribution in [0.15, 0.2) is 6.20 Å². The molecule has 0 aromatic carbocycles. The van der Waals surface area contributed by atoms with E-state index in [1.54, 1.807) is 6.20 Å². The standard InChI is InChI=1S/C13H16ClIN4S/c1-4-16-11-10(15)8(5-7(2)3)18-12(19-11)13-17-6-9(14)20-13/h6-7H,4-5H2,1-3H3,(H,16,18,19). The molecule has 0 amide bonds. The van der Waals surface area contributed by atoms with E-state index in [2.05, 4.69) is 63.6 Å². The number of hydrogen-bond donors (Lipinski definition) is 1. The molecule has 4 nitrogen and oxygen atoms in total. The van der Waals surface area contributed by atoms with E-state index in [1.165, 1.54) is 11.3 Å². The van der Waals surface area contributed by atoms with E-state index in [0.29, 0.717) is 16.1 Å². The molecular weight excluding hydrogens is 407 g/mol. The Morgan fingerprint density at radius 3 is 2.70 bits per heavy atom. The Kier molecular flexibility index (Phi) is 5.57. The molecule has 0 saturated carbocycles. The second-order valence-corrected chi connectivity index (χ2v) is 7.50. The monoisotopic (exact) mass is 422 g/mol. The van der Waals surface area contributed by atoms with Crippen LogP contribution < -0.4 is 5.32 Å². The van der Waals surface area contributed by atoms with Crippen molar-refractivity contribution in [2.24, 2.45) is 5.92 Å². The normalized spacial score (nSPS) is 11.1. The fourth-order valence-corrected chi connectivity index (χ4v) is 3.25. The van der Waals surface area contributed by atoms with Crippen molar-refractivity contribution in [2.45, 2.75) is 27.2 Å². The van der Waals surface area contributed by atoms with Crippen molar-refractivity contribution >= 4 is 51.3 Å². The van der Waals surface area contributed by atoms with Gasteiger partial charge in [-0.25, -0.2) is 15.0 Å². The summed E-state index contributed by atoms with van der Waals surface area (Å²) < 4.78 is 1.74. The van der Waals surface area contributed by atoms with E-state index in [9.17, 15) is 0 Å². The lowest BCUT2D eigenvalue weighted by atomic mass is 10.1. The molecule has 0 radical (unpaired) electrons. The molecule has 2 rings (SSSR count). The topological polar surface area (TPSA) is 50.7 Å². The van der Waals surface area contributed by atoms with Crippen molar-refractivity contribution in [2.75, 3.05) is 11.9 Å². The van der Waals surface area contributed by atoms with Gasteiger partial charge < -0.3 is 5.32 Å². The minimum absolute atomic E-state index is 0.542. The van der Waals surface area contributed by atoms with Gasteiger partial charge in [-0.1, -0.05) is 36.8 Å². The minimum atomic E-state index is 0.542. The van der Waals surface area contributed by atoms with Crippen molar-refractivity contribution in [3.63, 3.8) is 0 Å². The van der Waals surface area contributed by atoms with Gasteiger partial charge in [0.2, 0.25) is 0 Å². The van der Waals surface area contributed by atoms with Gasteiger partial charge >= 0.3 is 0 Å². The van der Waals surface area contributed by atoms with Gasteiger partial charge in [-0.2, -0.15) is 0 Å². The molecule has 108 valence electrons. The second-order valence-electron chi connectivity index (χ2n) is 4.75. The highest BCUT2D eigenvalue weighted by molar-refractivity contribution is 14.1. The summed E-state index contributed by atoms with van der Waals surface area (Å²) in [6, 6.07) is 0. The fraction of sp³-hybridized carbons (Fsp3) is 0.462. The lowest BCUT2D eigenvalue weighted by Crippen LogP contribution is -2.09. The third kappa shape index (κ3) is 3.79. The van der Waals surface area contributed by atoms with Gasteiger partial charge in [0.15, 0.2) is 10.8 Å². The zero-order valence-electron chi connectivity index (χ0n) is 11.6. The van der Waals surface area contributed by atoms with Crippen LogP contribution in [0.4, 0.5) is 5.82 Å². The van der Waals surface area contributed by atoms with Crippen molar-refractivity contribution in [3.05, 3.63) is 19.8 Å². The maximum absolute atomic E-state index is 5.95. The molecule has 0 aliphatic heterocycles. The van der Waals surface area contributed by atoms with Crippen LogP contribution >= 0.6 is 45.5 Å². The van der Waals surface area contributed by atoms with Crippen molar-refractivity contribution in [1.82, 2.24) is 15.0 Å². The van der Waals surface area contributed by atoms with E-state index in [4.69, 9.17) is 11.6 Å². The molecule has 0 atom stereocenters. The third-order valence-corrected chi connectivity index (χ3v) is 4.78. The highest BCUT2D eigenvalue weighted by Gasteiger charge is 2.16. The fourth-order valence-electron chi connectivity index (χ4n) is 1.75. The number of nitrogens with one attached hydrogen (secondary N) is 1. The third-order valence-electron chi connectivity index (χ3n) is 2.53. The Morgan fingerprint density at radius 2 is 2.15 bits per heavy atom. The maximum Gasteiger partial charge on any atom is 0.191 e. The van der Waals surface area contributed by atoms with Crippen LogP contribution in [0.5, 0.6) is 0 Å². The van der Waals surface area contributed by atoms with Crippen LogP contribution in [-0.2, 0) is 6.42 Å². The van der Waals surface area contributed by atoms with Crippen molar-refractivity contribution in [3.8, 4) is 10.8 Å². The van der Waals surface area contributed by atoms with Gasteiger partial charge in [0.05, 0.1) is 15.5 Å². The van der Waals surface area contributed by atoms with E-state index < -0.39 is 0 Å². The predicted octanol–water partition coefficient (Wildman–Crippen LogP) is 4.49. The first-order valence-corrected chi connectivity index (χ1v) is 8.70. The van der Waals surface area contributed by atoms with Gasteiger partial charge in [-0.15, -0.1) is 0 Å². The molecule has 0 spiro atoms. The number of nitrogens with zero attached hydrogens (tertiary/aromatic N) is 3. The first kappa shape index (κ1) is 15.9. The largest absolute Gasteiger partial charge is 0.369 e. The summed E-state index contributed by atoms with van der Waals surface area (Å²) in [7, 11) is 0. The molecule has 20 heavy (non-hydrogen) atoms. The summed E-state index contributed by atoms with van der Waals surface area (Å²) in [4.78, 5) is 13.5. The molecule has 0 bridgehead atoms. The number of rotatable bonds is 5. The highest BCUT2D eigenvalue weighted by atomic mass is 127. The molecule has 0 fully saturated rings. The SMILES string of the molecule is CCNc1nc(-c2ncc(Cl)s2)nc(CC(C)C)c1I. The molecule has 2 aromatic rings. The first-order valence-electron chi connectivity index (χ1n) is 6.43. The molecule has 0 aliphatic rings. The van der Waals surface area contributed by atoms with Gasteiger partial charge in [-0.05, 0) is 41.9 Å². The van der Waals surface area contributed by atoms with Crippen LogP contribution in [0.1, 0.15) is 26.5 Å². The van der Waals surface area contributed by atoms with Gasteiger partial charge in [0.1, 0.15) is 10.2 Å². The maximum atomic E-state index is 5.95. The summed E-state index contributed by atoms with van der Waals surface area (Å²) in [6.07, 6.45) is 2.56. The molecule has 2 aromatic heterocycles. The molecular formula is C13H16ClIN4S.